The first-order valence-electron chi connectivity index (χ1n) is 6.58. The highest BCUT2D eigenvalue weighted by Crippen LogP contribution is 2.17. The van der Waals surface area contributed by atoms with Crippen molar-refractivity contribution in [3.05, 3.63) is 59.2 Å². The summed E-state index contributed by atoms with van der Waals surface area (Å²) in [5.74, 6) is 0.710. The summed E-state index contributed by atoms with van der Waals surface area (Å²) in [5.41, 5.74) is 4.11. The molecule has 0 aliphatic carbocycles. The van der Waals surface area contributed by atoms with Gasteiger partial charge in [-0.15, -0.1) is 0 Å². The molecule has 0 heterocycles. The zero-order valence-corrected chi connectivity index (χ0v) is 12.1. The molecule has 0 unspecified atom stereocenters. The maximum absolute atomic E-state index is 12.1. The summed E-state index contributed by atoms with van der Waals surface area (Å²) in [7, 11) is 1.61. The minimum atomic E-state index is -0.0213. The van der Waals surface area contributed by atoms with E-state index in [2.05, 4.69) is 17.4 Å². The lowest BCUT2D eigenvalue weighted by molar-refractivity contribution is -0.115. The van der Waals surface area contributed by atoms with E-state index in [0.717, 1.165) is 22.6 Å². The van der Waals surface area contributed by atoms with Crippen LogP contribution in [0.3, 0.4) is 0 Å². The van der Waals surface area contributed by atoms with Crippen molar-refractivity contribution in [2.24, 2.45) is 0 Å². The monoisotopic (exact) mass is 269 g/mol. The molecule has 2 aromatic rings. The molecule has 2 rings (SSSR count). The van der Waals surface area contributed by atoms with Crippen LogP contribution < -0.4 is 10.1 Å². The number of carbonyl (C=O) groups excluding carboxylic acids is 1. The van der Waals surface area contributed by atoms with E-state index in [0.29, 0.717) is 6.42 Å². The Kier molecular flexibility index (Phi) is 4.41. The third kappa shape index (κ3) is 3.60. The molecule has 0 saturated carbocycles. The number of ether oxygens (including phenoxy) is 1. The second-order valence-corrected chi connectivity index (χ2v) is 4.89. The quantitative estimate of drug-likeness (QED) is 0.922. The average Bonchev–Trinajstić information content (AvgIpc) is 2.43. The molecule has 1 N–H and O–H groups in total. The molecule has 0 atom stereocenters. The van der Waals surface area contributed by atoms with Crippen molar-refractivity contribution >= 4 is 11.6 Å². The van der Waals surface area contributed by atoms with Crippen LogP contribution in [0, 0.1) is 13.8 Å². The number of amides is 1. The molecule has 0 aliphatic heterocycles. The van der Waals surface area contributed by atoms with Crippen LogP contribution in [0.2, 0.25) is 0 Å². The minimum Gasteiger partial charge on any atom is -0.497 e. The molecule has 3 nitrogen and oxygen atoms in total. The predicted octanol–water partition coefficient (Wildman–Crippen LogP) is 3.49. The predicted molar refractivity (Wildman–Crippen MR) is 81.2 cm³/mol. The van der Waals surface area contributed by atoms with Gasteiger partial charge in [0, 0.05) is 11.8 Å². The minimum absolute atomic E-state index is 0.0213. The van der Waals surface area contributed by atoms with Crippen molar-refractivity contribution in [3.63, 3.8) is 0 Å². The first-order chi connectivity index (χ1) is 9.58. The second kappa shape index (κ2) is 6.24. The number of rotatable bonds is 4. The van der Waals surface area contributed by atoms with Gasteiger partial charge in [-0.3, -0.25) is 4.79 Å². The normalized spacial score (nSPS) is 10.2. The van der Waals surface area contributed by atoms with Gasteiger partial charge in [0.25, 0.3) is 0 Å². The lowest BCUT2D eigenvalue weighted by Gasteiger charge is -2.09. The highest BCUT2D eigenvalue weighted by atomic mass is 16.5. The zero-order valence-electron chi connectivity index (χ0n) is 12.1. The smallest absolute Gasteiger partial charge is 0.228 e. The van der Waals surface area contributed by atoms with Gasteiger partial charge in [0.15, 0.2) is 0 Å². The summed E-state index contributed by atoms with van der Waals surface area (Å²) >= 11 is 0. The van der Waals surface area contributed by atoms with Crippen molar-refractivity contribution in [2.45, 2.75) is 20.3 Å². The molecule has 0 spiro atoms. The number of hydrogen-bond acceptors (Lipinski definition) is 2. The van der Waals surface area contributed by atoms with Gasteiger partial charge in [0.1, 0.15) is 5.75 Å². The van der Waals surface area contributed by atoms with Gasteiger partial charge in [0.05, 0.1) is 13.5 Å². The number of nitrogens with one attached hydrogen (secondary N) is 1. The van der Waals surface area contributed by atoms with Crippen molar-refractivity contribution in [1.82, 2.24) is 0 Å². The molecule has 20 heavy (non-hydrogen) atoms. The van der Waals surface area contributed by atoms with Gasteiger partial charge in [-0.25, -0.2) is 0 Å². The fourth-order valence-electron chi connectivity index (χ4n) is 2.07. The zero-order chi connectivity index (χ0) is 14.5. The summed E-state index contributed by atoms with van der Waals surface area (Å²) in [5, 5.41) is 2.89. The fraction of sp³-hybridized carbons (Fsp3) is 0.235. The Morgan fingerprint density at radius 2 is 1.95 bits per heavy atom. The van der Waals surface area contributed by atoms with Crippen LogP contribution in [0.4, 0.5) is 5.69 Å². The Hall–Kier alpha value is -2.29. The standard InChI is InChI=1S/C17H19NO2/c1-12-7-8-13(2)14(9-12)10-17(19)18-15-5-4-6-16(11-15)20-3/h4-9,11H,10H2,1-3H3,(H,18,19). The van der Waals surface area contributed by atoms with Gasteiger partial charge in [-0.2, -0.15) is 0 Å². The van der Waals surface area contributed by atoms with Crippen LogP contribution in [-0.2, 0) is 11.2 Å². The molecule has 0 aromatic heterocycles. The lowest BCUT2D eigenvalue weighted by Crippen LogP contribution is -2.15. The summed E-state index contributed by atoms with van der Waals surface area (Å²) < 4.78 is 5.14. The van der Waals surface area contributed by atoms with Crippen LogP contribution >= 0.6 is 0 Å². The number of methoxy groups -OCH3 is 1. The molecule has 0 fully saturated rings. The van der Waals surface area contributed by atoms with Crippen molar-refractivity contribution in [1.29, 1.82) is 0 Å². The Morgan fingerprint density at radius 1 is 1.15 bits per heavy atom. The Morgan fingerprint density at radius 3 is 2.70 bits per heavy atom. The van der Waals surface area contributed by atoms with Crippen molar-refractivity contribution in [2.75, 3.05) is 12.4 Å². The van der Waals surface area contributed by atoms with Gasteiger partial charge in [-0.05, 0) is 37.1 Å². The molecule has 104 valence electrons. The molecule has 1 amide bonds. The van der Waals surface area contributed by atoms with Gasteiger partial charge < -0.3 is 10.1 Å². The molecular weight excluding hydrogens is 250 g/mol. The van der Waals surface area contributed by atoms with E-state index in [9.17, 15) is 4.79 Å². The van der Waals surface area contributed by atoms with E-state index in [1.807, 2.05) is 38.1 Å². The van der Waals surface area contributed by atoms with Crippen LogP contribution in [-0.4, -0.2) is 13.0 Å². The van der Waals surface area contributed by atoms with E-state index in [4.69, 9.17) is 4.74 Å². The summed E-state index contributed by atoms with van der Waals surface area (Å²) in [6.07, 6.45) is 0.380. The topological polar surface area (TPSA) is 38.3 Å². The molecule has 0 radical (unpaired) electrons. The summed E-state index contributed by atoms with van der Waals surface area (Å²) in [6, 6.07) is 13.5. The number of aryl methyl sites for hydroxylation is 2. The van der Waals surface area contributed by atoms with E-state index in [1.165, 1.54) is 5.56 Å². The largest absolute Gasteiger partial charge is 0.497 e. The Labute approximate surface area is 119 Å². The van der Waals surface area contributed by atoms with Crippen LogP contribution in [0.25, 0.3) is 0 Å². The van der Waals surface area contributed by atoms with E-state index >= 15 is 0 Å². The fourth-order valence-corrected chi connectivity index (χ4v) is 2.07. The Bertz CT molecular complexity index is 620. The number of benzene rings is 2. The lowest BCUT2D eigenvalue weighted by atomic mass is 10.0. The molecule has 0 saturated heterocycles. The van der Waals surface area contributed by atoms with E-state index < -0.39 is 0 Å². The SMILES string of the molecule is COc1cccc(NC(=O)Cc2cc(C)ccc2C)c1. The van der Waals surface area contributed by atoms with Crippen molar-refractivity contribution < 1.29 is 9.53 Å². The van der Waals surface area contributed by atoms with Crippen LogP contribution in [0.1, 0.15) is 16.7 Å². The van der Waals surface area contributed by atoms with Gasteiger partial charge in [0.2, 0.25) is 5.91 Å². The van der Waals surface area contributed by atoms with Crippen molar-refractivity contribution in [3.8, 4) is 5.75 Å². The molecular formula is C17H19NO2. The molecule has 3 heteroatoms. The second-order valence-electron chi connectivity index (χ2n) is 4.89. The van der Waals surface area contributed by atoms with E-state index in [-0.39, 0.29) is 5.91 Å². The molecule has 0 aliphatic rings. The maximum atomic E-state index is 12.1. The van der Waals surface area contributed by atoms with Crippen LogP contribution in [0.15, 0.2) is 42.5 Å². The van der Waals surface area contributed by atoms with Gasteiger partial charge >= 0.3 is 0 Å². The first kappa shape index (κ1) is 14.1. The first-order valence-corrected chi connectivity index (χ1v) is 6.58. The maximum Gasteiger partial charge on any atom is 0.228 e. The summed E-state index contributed by atoms with van der Waals surface area (Å²) in [4.78, 5) is 12.1. The average molecular weight is 269 g/mol. The van der Waals surface area contributed by atoms with E-state index in [1.54, 1.807) is 13.2 Å². The number of hydrogen-bond donors (Lipinski definition) is 1. The highest BCUT2D eigenvalue weighted by Gasteiger charge is 2.07. The number of carbonyl (C=O) groups is 1. The van der Waals surface area contributed by atoms with Crippen LogP contribution in [0.5, 0.6) is 5.75 Å². The molecule has 0 bridgehead atoms. The third-order valence-corrected chi connectivity index (χ3v) is 3.21. The summed E-state index contributed by atoms with van der Waals surface area (Å²) in [6.45, 7) is 4.05. The third-order valence-electron chi connectivity index (χ3n) is 3.21. The Balaban J connectivity index is 2.07. The molecule has 2 aromatic carbocycles. The van der Waals surface area contributed by atoms with Gasteiger partial charge in [-0.1, -0.05) is 29.8 Å². The number of anilines is 1. The highest BCUT2D eigenvalue weighted by molar-refractivity contribution is 5.92.